The van der Waals surface area contributed by atoms with E-state index in [1.807, 2.05) is 25.1 Å². The van der Waals surface area contributed by atoms with Crippen LogP contribution < -0.4 is 0 Å². The van der Waals surface area contributed by atoms with Crippen LogP contribution in [-0.2, 0) is 0 Å². The van der Waals surface area contributed by atoms with E-state index in [1.165, 1.54) is 0 Å². The van der Waals surface area contributed by atoms with E-state index in [4.69, 9.17) is 5.11 Å². The summed E-state index contributed by atoms with van der Waals surface area (Å²) in [6, 6.07) is 11.0. The number of pyridine rings is 1. The van der Waals surface area contributed by atoms with Crippen molar-refractivity contribution in [2.24, 2.45) is 0 Å². The molecule has 0 unspecified atom stereocenters. The van der Waals surface area contributed by atoms with Gasteiger partial charge in [-0.1, -0.05) is 32.0 Å². The third-order valence-corrected chi connectivity index (χ3v) is 3.12. The number of aromatic nitrogens is 1. The van der Waals surface area contributed by atoms with E-state index in [-0.39, 0.29) is 0 Å². The lowest BCUT2D eigenvalue weighted by atomic mass is 10.00. The summed E-state index contributed by atoms with van der Waals surface area (Å²) in [6.07, 6.45) is 0. The van der Waals surface area contributed by atoms with Gasteiger partial charge in [0.1, 0.15) is 0 Å². The highest BCUT2D eigenvalue weighted by Crippen LogP contribution is 2.25. The maximum Gasteiger partial charge on any atom is 0.335 e. The number of rotatable bonds is 3. The number of carboxylic acid groups (broad SMARTS) is 1. The lowest BCUT2D eigenvalue weighted by molar-refractivity contribution is 0.0697. The van der Waals surface area contributed by atoms with E-state index in [1.54, 1.807) is 18.2 Å². The highest BCUT2D eigenvalue weighted by atomic mass is 16.4. The first-order valence-corrected chi connectivity index (χ1v) is 6.30. The van der Waals surface area contributed by atoms with E-state index in [2.05, 4.69) is 18.8 Å². The molecule has 1 heterocycles. The first kappa shape index (κ1) is 13.3. The van der Waals surface area contributed by atoms with Crippen molar-refractivity contribution in [1.82, 2.24) is 4.98 Å². The summed E-state index contributed by atoms with van der Waals surface area (Å²) in [7, 11) is 0. The molecule has 0 spiro atoms. The van der Waals surface area contributed by atoms with Crippen LogP contribution >= 0.6 is 0 Å². The number of aryl methyl sites for hydroxylation is 1. The van der Waals surface area contributed by atoms with Crippen LogP contribution in [0.3, 0.4) is 0 Å². The molecule has 0 atom stereocenters. The minimum absolute atomic E-state index is 0.296. The summed E-state index contributed by atoms with van der Waals surface area (Å²) in [4.78, 5) is 15.6. The summed E-state index contributed by atoms with van der Waals surface area (Å²) in [5, 5.41) is 9.03. The molecule has 2 rings (SSSR count). The lowest BCUT2D eigenvalue weighted by Crippen LogP contribution is -1.98. The van der Waals surface area contributed by atoms with E-state index >= 15 is 0 Å². The molecule has 3 nitrogen and oxygen atoms in total. The topological polar surface area (TPSA) is 50.2 Å². The molecule has 2 aromatic rings. The number of hydrogen-bond donors (Lipinski definition) is 1. The molecule has 0 saturated heterocycles. The number of hydrogen-bond acceptors (Lipinski definition) is 2. The number of nitrogens with zero attached hydrogens (tertiary/aromatic N) is 1. The van der Waals surface area contributed by atoms with Crippen LogP contribution in [0.5, 0.6) is 0 Å². The molecule has 0 radical (unpaired) electrons. The van der Waals surface area contributed by atoms with Crippen molar-refractivity contribution in [1.29, 1.82) is 0 Å². The zero-order valence-electron chi connectivity index (χ0n) is 11.3. The average molecular weight is 255 g/mol. The lowest BCUT2D eigenvalue weighted by Gasteiger charge is -2.10. The maximum absolute atomic E-state index is 11.0. The van der Waals surface area contributed by atoms with Gasteiger partial charge in [0.25, 0.3) is 0 Å². The van der Waals surface area contributed by atoms with Crippen molar-refractivity contribution in [2.75, 3.05) is 0 Å². The first-order valence-electron chi connectivity index (χ1n) is 6.30. The minimum atomic E-state index is -0.911. The second-order valence-electron chi connectivity index (χ2n) is 4.91. The molecule has 0 aliphatic heterocycles. The minimum Gasteiger partial charge on any atom is -0.478 e. The Hall–Kier alpha value is -2.16. The SMILES string of the molecule is Cc1nc(C(C)C)ccc1-c1cccc(C(=O)O)c1. The van der Waals surface area contributed by atoms with Crippen LogP contribution in [0.2, 0.25) is 0 Å². The van der Waals surface area contributed by atoms with Gasteiger partial charge >= 0.3 is 5.97 Å². The second-order valence-corrected chi connectivity index (χ2v) is 4.91. The van der Waals surface area contributed by atoms with Crippen LogP contribution in [0, 0.1) is 6.92 Å². The van der Waals surface area contributed by atoms with Crippen molar-refractivity contribution in [3.8, 4) is 11.1 Å². The molecule has 1 N–H and O–H groups in total. The standard InChI is InChI=1S/C16H17NO2/c1-10(2)15-8-7-14(11(3)17-15)12-5-4-6-13(9-12)16(18)19/h4-10H,1-3H3,(H,18,19). The molecule has 0 fully saturated rings. The monoisotopic (exact) mass is 255 g/mol. The summed E-state index contributed by atoms with van der Waals surface area (Å²) >= 11 is 0. The van der Waals surface area contributed by atoms with Crippen LogP contribution in [-0.4, -0.2) is 16.1 Å². The zero-order chi connectivity index (χ0) is 14.0. The number of benzene rings is 1. The van der Waals surface area contributed by atoms with E-state index in [0.717, 1.165) is 22.5 Å². The molecular weight excluding hydrogens is 238 g/mol. The van der Waals surface area contributed by atoms with Gasteiger partial charge in [0.2, 0.25) is 0 Å². The van der Waals surface area contributed by atoms with Crippen LogP contribution in [0.25, 0.3) is 11.1 Å². The van der Waals surface area contributed by atoms with E-state index in [9.17, 15) is 4.79 Å². The Balaban J connectivity index is 2.47. The fourth-order valence-corrected chi connectivity index (χ4v) is 2.03. The number of carboxylic acids is 1. The molecule has 1 aromatic heterocycles. The highest BCUT2D eigenvalue weighted by Gasteiger charge is 2.09. The highest BCUT2D eigenvalue weighted by molar-refractivity contribution is 5.89. The van der Waals surface area contributed by atoms with Crippen LogP contribution in [0.1, 0.15) is 41.5 Å². The fraction of sp³-hybridized carbons (Fsp3) is 0.250. The van der Waals surface area contributed by atoms with Crippen molar-refractivity contribution < 1.29 is 9.90 Å². The largest absolute Gasteiger partial charge is 0.478 e. The molecule has 3 heteroatoms. The van der Waals surface area contributed by atoms with Gasteiger partial charge in [-0.2, -0.15) is 0 Å². The smallest absolute Gasteiger partial charge is 0.335 e. The molecule has 19 heavy (non-hydrogen) atoms. The van der Waals surface area contributed by atoms with Gasteiger partial charge in [-0.05, 0) is 36.6 Å². The summed E-state index contributed by atoms with van der Waals surface area (Å²) in [6.45, 7) is 6.16. The van der Waals surface area contributed by atoms with Gasteiger partial charge in [-0.15, -0.1) is 0 Å². The number of aromatic carboxylic acids is 1. The summed E-state index contributed by atoms with van der Waals surface area (Å²) in [5.74, 6) is -0.524. The third kappa shape index (κ3) is 2.81. The predicted molar refractivity (Wildman–Crippen MR) is 75.5 cm³/mol. The summed E-state index contributed by atoms with van der Waals surface area (Å²) in [5.41, 5.74) is 4.14. The maximum atomic E-state index is 11.0. The second kappa shape index (κ2) is 5.22. The normalized spacial score (nSPS) is 10.7. The Kier molecular flexibility index (Phi) is 3.65. The van der Waals surface area contributed by atoms with Crippen LogP contribution in [0.4, 0.5) is 0 Å². The van der Waals surface area contributed by atoms with Crippen molar-refractivity contribution in [3.63, 3.8) is 0 Å². The Morgan fingerprint density at radius 1 is 1.21 bits per heavy atom. The van der Waals surface area contributed by atoms with Gasteiger partial charge < -0.3 is 5.11 Å². The Bertz CT molecular complexity index is 618. The molecule has 0 saturated carbocycles. The molecule has 98 valence electrons. The van der Waals surface area contributed by atoms with Crippen LogP contribution in [0.15, 0.2) is 36.4 Å². The van der Waals surface area contributed by atoms with E-state index in [0.29, 0.717) is 11.5 Å². The number of carbonyl (C=O) groups is 1. The van der Waals surface area contributed by atoms with Crippen molar-refractivity contribution in [3.05, 3.63) is 53.3 Å². The van der Waals surface area contributed by atoms with E-state index < -0.39 is 5.97 Å². The molecule has 0 aliphatic carbocycles. The van der Waals surface area contributed by atoms with Gasteiger partial charge in [0.05, 0.1) is 5.56 Å². The Morgan fingerprint density at radius 2 is 1.95 bits per heavy atom. The predicted octanol–water partition coefficient (Wildman–Crippen LogP) is 3.88. The molecule has 0 amide bonds. The van der Waals surface area contributed by atoms with Gasteiger partial charge in [-0.3, -0.25) is 4.98 Å². The molecule has 0 bridgehead atoms. The third-order valence-electron chi connectivity index (χ3n) is 3.12. The zero-order valence-corrected chi connectivity index (χ0v) is 11.3. The summed E-state index contributed by atoms with van der Waals surface area (Å²) < 4.78 is 0. The average Bonchev–Trinajstić information content (AvgIpc) is 2.38. The van der Waals surface area contributed by atoms with Gasteiger partial charge in [-0.25, -0.2) is 4.79 Å². The Morgan fingerprint density at radius 3 is 2.53 bits per heavy atom. The quantitative estimate of drug-likeness (QED) is 0.905. The molecule has 1 aromatic carbocycles. The fourth-order valence-electron chi connectivity index (χ4n) is 2.03. The first-order chi connectivity index (χ1) is 8.99. The van der Waals surface area contributed by atoms with Gasteiger partial charge in [0.15, 0.2) is 0 Å². The molecule has 0 aliphatic rings. The van der Waals surface area contributed by atoms with Crippen molar-refractivity contribution in [2.45, 2.75) is 26.7 Å². The van der Waals surface area contributed by atoms with Crippen molar-refractivity contribution >= 4 is 5.97 Å². The molecular formula is C16H17NO2. The van der Waals surface area contributed by atoms with Gasteiger partial charge in [0, 0.05) is 17.0 Å². The Labute approximate surface area is 112 Å².